The van der Waals surface area contributed by atoms with Crippen LogP contribution in [0.1, 0.15) is 12.1 Å². The van der Waals surface area contributed by atoms with E-state index in [1.54, 1.807) is 17.8 Å². The van der Waals surface area contributed by atoms with E-state index >= 15 is 0 Å². The average Bonchev–Trinajstić information content (AvgIpc) is 2.75. The number of aliphatic hydroxyl groups is 1. The lowest BCUT2D eigenvalue weighted by Crippen LogP contribution is -2.16. The van der Waals surface area contributed by atoms with Crippen LogP contribution in [-0.2, 0) is 11.2 Å². The van der Waals surface area contributed by atoms with Crippen LogP contribution in [0.4, 0.5) is 5.82 Å². The lowest BCUT2D eigenvalue weighted by molar-refractivity contribution is 0.0433. The summed E-state index contributed by atoms with van der Waals surface area (Å²) in [4.78, 5) is 8.02. The van der Waals surface area contributed by atoms with E-state index in [4.69, 9.17) is 15.6 Å². The van der Waals surface area contributed by atoms with Crippen molar-refractivity contribution < 1.29 is 9.84 Å². The van der Waals surface area contributed by atoms with Gasteiger partial charge >= 0.3 is 0 Å². The zero-order valence-corrected chi connectivity index (χ0v) is 9.58. The Labute approximate surface area is 98.2 Å². The summed E-state index contributed by atoms with van der Waals surface area (Å²) in [6.45, 7) is 0.00432. The minimum atomic E-state index is -0.167. The Morgan fingerprint density at radius 3 is 3.06 bits per heavy atom. The van der Waals surface area contributed by atoms with Crippen molar-refractivity contribution in [1.82, 2.24) is 19.6 Å². The van der Waals surface area contributed by atoms with Gasteiger partial charge in [0.15, 0.2) is 11.5 Å². The van der Waals surface area contributed by atoms with Crippen molar-refractivity contribution in [2.45, 2.75) is 18.9 Å². The van der Waals surface area contributed by atoms with E-state index in [9.17, 15) is 0 Å². The van der Waals surface area contributed by atoms with Gasteiger partial charge < -0.3 is 15.6 Å². The Morgan fingerprint density at radius 1 is 1.53 bits per heavy atom. The highest BCUT2D eigenvalue weighted by molar-refractivity contribution is 5.58. The van der Waals surface area contributed by atoms with Gasteiger partial charge in [-0.2, -0.15) is 5.10 Å². The van der Waals surface area contributed by atoms with Gasteiger partial charge in [0, 0.05) is 7.11 Å². The van der Waals surface area contributed by atoms with Crippen LogP contribution in [0.2, 0.25) is 0 Å². The van der Waals surface area contributed by atoms with Gasteiger partial charge in [0.05, 0.1) is 24.6 Å². The first-order valence-corrected chi connectivity index (χ1v) is 5.33. The van der Waals surface area contributed by atoms with Gasteiger partial charge in [-0.1, -0.05) is 0 Å². The number of fused-ring (bicyclic) bond motifs is 1. The average molecular weight is 237 g/mol. The van der Waals surface area contributed by atoms with Gasteiger partial charge in [-0.3, -0.25) is 0 Å². The monoisotopic (exact) mass is 237 g/mol. The molecule has 0 fully saturated rings. The van der Waals surface area contributed by atoms with Gasteiger partial charge in [0.1, 0.15) is 6.33 Å². The molecule has 1 atom stereocenters. The third kappa shape index (κ3) is 2.34. The second-order valence-electron chi connectivity index (χ2n) is 3.71. The second kappa shape index (κ2) is 5.07. The molecular formula is C10H15N5O2. The fraction of sp³-hybridized carbons (Fsp3) is 0.500. The molecule has 0 amide bonds. The van der Waals surface area contributed by atoms with Crippen LogP contribution in [0.3, 0.4) is 0 Å². The summed E-state index contributed by atoms with van der Waals surface area (Å²) >= 11 is 0. The molecule has 2 aromatic heterocycles. The normalized spacial score (nSPS) is 13.1. The number of aromatic nitrogens is 4. The quantitative estimate of drug-likeness (QED) is 0.737. The molecule has 0 saturated heterocycles. The van der Waals surface area contributed by atoms with Crippen LogP contribution in [0, 0.1) is 0 Å². The summed E-state index contributed by atoms with van der Waals surface area (Å²) in [7, 11) is 1.58. The van der Waals surface area contributed by atoms with E-state index in [2.05, 4.69) is 15.1 Å². The molecule has 7 nitrogen and oxygen atoms in total. The fourth-order valence-electron chi connectivity index (χ4n) is 1.64. The van der Waals surface area contributed by atoms with Crippen LogP contribution in [-0.4, -0.2) is 44.5 Å². The van der Waals surface area contributed by atoms with Crippen molar-refractivity contribution in [2.75, 3.05) is 19.5 Å². The number of aliphatic hydroxyl groups excluding tert-OH is 1. The van der Waals surface area contributed by atoms with Gasteiger partial charge in [-0.15, -0.1) is 0 Å². The number of nitrogens with zero attached hydrogens (tertiary/aromatic N) is 4. The molecule has 0 bridgehead atoms. The predicted molar refractivity (Wildman–Crippen MR) is 61.4 cm³/mol. The topological polar surface area (TPSA) is 98.6 Å². The number of aryl methyl sites for hydroxylation is 1. The minimum absolute atomic E-state index is 0.00432. The maximum Gasteiger partial charge on any atom is 0.196 e. The Bertz CT molecular complexity index is 494. The van der Waals surface area contributed by atoms with Crippen LogP contribution < -0.4 is 5.73 Å². The smallest absolute Gasteiger partial charge is 0.196 e. The largest absolute Gasteiger partial charge is 0.394 e. The molecule has 0 aliphatic rings. The van der Waals surface area contributed by atoms with Crippen molar-refractivity contribution in [3.63, 3.8) is 0 Å². The zero-order valence-electron chi connectivity index (χ0n) is 9.58. The summed E-state index contributed by atoms with van der Waals surface area (Å²) < 4.78 is 6.76. The van der Waals surface area contributed by atoms with Crippen molar-refractivity contribution >= 4 is 11.5 Å². The van der Waals surface area contributed by atoms with E-state index < -0.39 is 0 Å². The number of anilines is 1. The molecule has 0 aliphatic heterocycles. The number of methoxy groups -OCH3 is 1. The van der Waals surface area contributed by atoms with E-state index in [0.717, 1.165) is 5.69 Å². The summed E-state index contributed by atoms with van der Waals surface area (Å²) in [5, 5.41) is 13.1. The zero-order chi connectivity index (χ0) is 12.3. The molecule has 0 unspecified atom stereocenters. The first-order valence-electron chi connectivity index (χ1n) is 5.33. The number of hydrogen-bond acceptors (Lipinski definition) is 6. The number of nitrogen functional groups attached to an aromatic ring is 1. The molecule has 0 spiro atoms. The summed E-state index contributed by atoms with van der Waals surface area (Å²) in [6.07, 6.45) is 4.35. The van der Waals surface area contributed by atoms with Gasteiger partial charge in [-0.25, -0.2) is 14.5 Å². The molecule has 0 aliphatic carbocycles. The lowest BCUT2D eigenvalue weighted by Gasteiger charge is -2.10. The van der Waals surface area contributed by atoms with Crippen LogP contribution in [0.25, 0.3) is 5.65 Å². The maximum atomic E-state index is 9.02. The molecule has 2 rings (SSSR count). The molecule has 3 N–H and O–H groups in total. The highest BCUT2D eigenvalue weighted by Gasteiger charge is 2.11. The van der Waals surface area contributed by atoms with E-state index in [0.29, 0.717) is 24.3 Å². The molecule has 92 valence electrons. The number of nitrogens with two attached hydrogens (primary N) is 1. The minimum Gasteiger partial charge on any atom is -0.394 e. The first kappa shape index (κ1) is 11.7. The number of ether oxygens (including phenoxy) is 1. The highest BCUT2D eigenvalue weighted by Crippen LogP contribution is 2.12. The van der Waals surface area contributed by atoms with E-state index in [-0.39, 0.29) is 12.7 Å². The van der Waals surface area contributed by atoms with Gasteiger partial charge in [0.25, 0.3) is 0 Å². The molecule has 17 heavy (non-hydrogen) atoms. The second-order valence-corrected chi connectivity index (χ2v) is 3.71. The highest BCUT2D eigenvalue weighted by atomic mass is 16.5. The standard InChI is InChI=1S/C10H15N5O2/c1-17-8(5-16)3-2-7-4-12-10-9(11)13-6-14-15(7)10/h4,6,8,16H,2-3,5H2,1H3,(H2,11,13,14)/t8-/m0/s1. The number of hydrogen-bond donors (Lipinski definition) is 2. The predicted octanol–water partition coefficient (Wildman–Crippen LogP) is -0.354. The van der Waals surface area contributed by atoms with Crippen molar-refractivity contribution in [2.24, 2.45) is 0 Å². The molecule has 0 radical (unpaired) electrons. The van der Waals surface area contributed by atoms with Crippen LogP contribution in [0.5, 0.6) is 0 Å². The van der Waals surface area contributed by atoms with Crippen LogP contribution >= 0.6 is 0 Å². The third-order valence-corrected chi connectivity index (χ3v) is 2.66. The Morgan fingerprint density at radius 2 is 2.35 bits per heavy atom. The molecular weight excluding hydrogens is 222 g/mol. The van der Waals surface area contributed by atoms with Crippen molar-refractivity contribution in [1.29, 1.82) is 0 Å². The fourth-order valence-corrected chi connectivity index (χ4v) is 1.64. The Hall–Kier alpha value is -1.73. The lowest BCUT2D eigenvalue weighted by atomic mass is 10.2. The van der Waals surface area contributed by atoms with Crippen molar-refractivity contribution in [3.05, 3.63) is 18.2 Å². The summed E-state index contributed by atoms with van der Waals surface area (Å²) in [5.74, 6) is 0.358. The molecule has 7 heteroatoms. The van der Waals surface area contributed by atoms with Gasteiger partial charge in [0.2, 0.25) is 0 Å². The molecule has 2 aromatic rings. The summed E-state index contributed by atoms with van der Waals surface area (Å²) in [5.41, 5.74) is 7.16. The number of rotatable bonds is 5. The Balaban J connectivity index is 2.17. The number of imidazole rings is 1. The first-order chi connectivity index (χ1) is 8.26. The summed E-state index contributed by atoms with van der Waals surface area (Å²) in [6, 6.07) is 0. The van der Waals surface area contributed by atoms with Gasteiger partial charge in [-0.05, 0) is 12.8 Å². The van der Waals surface area contributed by atoms with E-state index in [1.165, 1.54) is 6.33 Å². The van der Waals surface area contributed by atoms with E-state index in [1.807, 2.05) is 0 Å². The molecule has 2 heterocycles. The molecule has 0 saturated carbocycles. The maximum absolute atomic E-state index is 9.02. The Kier molecular flexibility index (Phi) is 3.50. The third-order valence-electron chi connectivity index (χ3n) is 2.66. The molecule has 0 aromatic carbocycles. The van der Waals surface area contributed by atoms with Crippen LogP contribution in [0.15, 0.2) is 12.5 Å². The SMILES string of the molecule is CO[C@H](CO)CCc1cnc2c(N)ncnn12. The van der Waals surface area contributed by atoms with Crippen molar-refractivity contribution in [3.8, 4) is 0 Å².